The third-order valence-corrected chi connectivity index (χ3v) is 7.49. The number of hydrogen-bond acceptors (Lipinski definition) is 3. The van der Waals surface area contributed by atoms with Crippen LogP contribution in [0.1, 0.15) is 44.6 Å². The first kappa shape index (κ1) is 21.9. The summed E-state index contributed by atoms with van der Waals surface area (Å²) in [4.78, 5) is 13.7. The summed E-state index contributed by atoms with van der Waals surface area (Å²) in [6, 6.07) is 12.5. The first-order chi connectivity index (χ1) is 14.3. The minimum Gasteiger partial charge on any atom is -0.490 e. The fourth-order valence-electron chi connectivity index (χ4n) is 4.63. The average Bonchev–Trinajstić information content (AvgIpc) is 2.70. The van der Waals surface area contributed by atoms with Gasteiger partial charge in [0, 0.05) is 32.0 Å². The lowest BCUT2D eigenvalue weighted by molar-refractivity contribution is -0.117. The zero-order valence-electron chi connectivity index (χ0n) is 17.3. The van der Waals surface area contributed by atoms with Gasteiger partial charge in [-0.2, -0.15) is 0 Å². The molecule has 2 aliphatic rings. The van der Waals surface area contributed by atoms with E-state index in [4.69, 9.17) is 4.74 Å². The molecule has 2 aromatic carbocycles. The normalized spacial score (nSPS) is 23.3. The van der Waals surface area contributed by atoms with Crippen LogP contribution in [-0.2, 0) is 11.3 Å². The maximum Gasteiger partial charge on any atom is 0.250 e. The number of nitrogens with zero attached hydrogens (tertiary/aromatic N) is 1. The second kappa shape index (κ2) is 9.07. The quantitative estimate of drug-likeness (QED) is 0.317. The highest BCUT2D eigenvalue weighted by Crippen LogP contribution is 2.39. The van der Waals surface area contributed by atoms with Crippen molar-refractivity contribution in [2.45, 2.75) is 57.6 Å². The molecule has 0 radical (unpaired) electrons. The maximum atomic E-state index is 13.9. The van der Waals surface area contributed by atoms with Crippen molar-refractivity contribution in [3.8, 4) is 5.75 Å². The van der Waals surface area contributed by atoms with Crippen LogP contribution in [-0.4, -0.2) is 33.8 Å². The van der Waals surface area contributed by atoms with Gasteiger partial charge < -0.3 is 4.74 Å². The Morgan fingerprint density at radius 1 is 1.10 bits per heavy atom. The number of carbonyl (C=O) groups excluding carboxylic acids is 1. The van der Waals surface area contributed by atoms with Crippen LogP contribution in [0.3, 0.4) is 0 Å². The van der Waals surface area contributed by atoms with Crippen LogP contribution >= 0.6 is 22.6 Å². The van der Waals surface area contributed by atoms with Gasteiger partial charge >= 0.3 is 0 Å². The number of alkyl halides is 2. The Bertz CT molecular complexity index is 905. The Hall–Kier alpha value is -1.28. The molecule has 2 aromatic rings. The van der Waals surface area contributed by atoms with Gasteiger partial charge in [-0.25, -0.2) is 8.78 Å². The second-order valence-electron chi connectivity index (χ2n) is 8.74. The third-order valence-electron chi connectivity index (χ3n) is 6.61. The predicted octanol–water partition coefficient (Wildman–Crippen LogP) is 6.22. The van der Waals surface area contributed by atoms with Crippen molar-refractivity contribution in [2.24, 2.45) is 11.8 Å². The van der Waals surface area contributed by atoms with Gasteiger partial charge in [0.1, 0.15) is 5.75 Å². The molecule has 0 amide bonds. The van der Waals surface area contributed by atoms with Crippen LogP contribution < -0.4 is 4.74 Å². The number of halogens is 3. The molecule has 1 saturated carbocycles. The molecule has 0 spiro atoms. The van der Waals surface area contributed by atoms with Crippen LogP contribution in [0.5, 0.6) is 5.75 Å². The smallest absolute Gasteiger partial charge is 0.250 e. The molecule has 0 atom stereocenters. The van der Waals surface area contributed by atoms with E-state index in [2.05, 4.69) is 29.2 Å². The zero-order valence-corrected chi connectivity index (χ0v) is 19.4. The first-order valence-corrected chi connectivity index (χ1v) is 11.9. The third kappa shape index (κ3) is 4.96. The van der Waals surface area contributed by atoms with Gasteiger partial charge in [0.05, 0.1) is 12.0 Å². The molecule has 30 heavy (non-hydrogen) atoms. The molecule has 162 valence electrons. The van der Waals surface area contributed by atoms with Gasteiger partial charge in [0.15, 0.2) is 3.79 Å². The molecule has 4 rings (SSSR count). The topological polar surface area (TPSA) is 29.5 Å². The van der Waals surface area contributed by atoms with Crippen LogP contribution in [0.2, 0.25) is 0 Å². The highest BCUT2D eigenvalue weighted by molar-refractivity contribution is 14.1. The SMILES string of the molecule is CCC(F)(F)[C@H]1CC[C@H](Oc2ccc3cc(CN4CC(C(=O)I)C4)ccc3c2)CC1. The first-order valence-electron chi connectivity index (χ1n) is 10.8. The monoisotopic (exact) mass is 527 g/mol. The molecule has 3 nitrogen and oxygen atoms in total. The fourth-order valence-corrected chi connectivity index (χ4v) is 5.02. The summed E-state index contributed by atoms with van der Waals surface area (Å²) in [5, 5.41) is 2.28. The lowest BCUT2D eigenvalue weighted by atomic mass is 9.82. The lowest BCUT2D eigenvalue weighted by Crippen LogP contribution is -2.48. The van der Waals surface area contributed by atoms with E-state index in [-0.39, 0.29) is 22.2 Å². The van der Waals surface area contributed by atoms with Gasteiger partial charge in [-0.3, -0.25) is 9.69 Å². The summed E-state index contributed by atoms with van der Waals surface area (Å²) in [6.45, 7) is 4.12. The number of ether oxygens (including phenoxy) is 1. The van der Waals surface area contributed by atoms with Crippen LogP contribution in [0.15, 0.2) is 36.4 Å². The molecular weight excluding hydrogens is 499 g/mol. The molecule has 2 fully saturated rings. The number of rotatable bonds is 7. The van der Waals surface area contributed by atoms with E-state index in [1.54, 1.807) is 6.92 Å². The largest absolute Gasteiger partial charge is 0.490 e. The molecule has 1 aliphatic heterocycles. The van der Waals surface area contributed by atoms with E-state index in [1.807, 2.05) is 34.7 Å². The Morgan fingerprint density at radius 3 is 2.43 bits per heavy atom. The highest BCUT2D eigenvalue weighted by atomic mass is 127. The standard InChI is InChI=1S/C24H28F2INO2/c1-2-24(25,26)20-6-9-21(10-7-20)30-22-8-5-17-11-16(3-4-18(17)12-22)13-28-14-19(15-28)23(27)29/h3-5,8,11-12,19-21H,2,6-7,9-10,13-15H2,1H3/t20-,21-. The van der Waals surface area contributed by atoms with Gasteiger partial charge in [-0.05, 0) is 82.8 Å². The second-order valence-corrected chi connectivity index (χ2v) is 9.81. The van der Waals surface area contributed by atoms with E-state index in [9.17, 15) is 13.6 Å². The molecule has 1 aliphatic carbocycles. The van der Waals surface area contributed by atoms with Crippen LogP contribution in [0.25, 0.3) is 10.8 Å². The predicted molar refractivity (Wildman–Crippen MR) is 123 cm³/mol. The molecule has 0 N–H and O–H groups in total. The van der Waals surface area contributed by atoms with E-state index in [0.717, 1.165) is 36.2 Å². The summed E-state index contributed by atoms with van der Waals surface area (Å²) >= 11 is 1.89. The maximum absolute atomic E-state index is 13.9. The number of fused-ring (bicyclic) bond motifs is 1. The Morgan fingerprint density at radius 2 is 1.77 bits per heavy atom. The Labute approximate surface area is 190 Å². The minimum atomic E-state index is -2.55. The Balaban J connectivity index is 1.34. The summed E-state index contributed by atoms with van der Waals surface area (Å²) in [5.41, 5.74) is 1.24. The molecule has 0 bridgehead atoms. The van der Waals surface area contributed by atoms with Crippen molar-refractivity contribution in [3.05, 3.63) is 42.0 Å². The Kier molecular flexibility index (Phi) is 6.63. The molecular formula is C24H28F2INO2. The molecule has 6 heteroatoms. The number of hydrogen-bond donors (Lipinski definition) is 0. The van der Waals surface area contributed by atoms with Gasteiger partial charge in [0.25, 0.3) is 5.92 Å². The summed E-state index contributed by atoms with van der Waals surface area (Å²) in [6.07, 6.45) is 2.38. The van der Waals surface area contributed by atoms with E-state index in [1.165, 1.54) is 5.56 Å². The van der Waals surface area contributed by atoms with Crippen molar-refractivity contribution in [2.75, 3.05) is 13.1 Å². The van der Waals surface area contributed by atoms with Crippen molar-refractivity contribution < 1.29 is 18.3 Å². The molecule has 0 unspecified atom stereocenters. The van der Waals surface area contributed by atoms with E-state index < -0.39 is 11.8 Å². The van der Waals surface area contributed by atoms with Gasteiger partial charge in [-0.1, -0.05) is 25.1 Å². The van der Waals surface area contributed by atoms with Crippen molar-refractivity contribution in [1.29, 1.82) is 0 Å². The van der Waals surface area contributed by atoms with Crippen molar-refractivity contribution in [1.82, 2.24) is 4.90 Å². The summed E-state index contributed by atoms with van der Waals surface area (Å²) in [7, 11) is 0. The summed E-state index contributed by atoms with van der Waals surface area (Å²) < 4.78 is 34.2. The van der Waals surface area contributed by atoms with Crippen molar-refractivity contribution in [3.63, 3.8) is 0 Å². The highest BCUT2D eigenvalue weighted by Gasteiger charge is 2.40. The molecule has 0 aromatic heterocycles. The molecule has 1 saturated heterocycles. The minimum absolute atomic E-state index is 0.0191. The lowest BCUT2D eigenvalue weighted by Gasteiger charge is -2.37. The summed E-state index contributed by atoms with van der Waals surface area (Å²) in [5.74, 6) is -2.05. The number of likely N-dealkylation sites (tertiary alicyclic amines) is 1. The molecule has 1 heterocycles. The van der Waals surface area contributed by atoms with Crippen LogP contribution in [0, 0.1) is 11.8 Å². The number of benzene rings is 2. The van der Waals surface area contributed by atoms with E-state index in [0.29, 0.717) is 25.7 Å². The van der Waals surface area contributed by atoms with E-state index >= 15 is 0 Å². The average molecular weight is 527 g/mol. The van der Waals surface area contributed by atoms with Gasteiger partial charge in [0.2, 0.25) is 0 Å². The fraction of sp³-hybridized carbons (Fsp3) is 0.542. The van der Waals surface area contributed by atoms with Crippen LogP contribution in [0.4, 0.5) is 8.78 Å². The van der Waals surface area contributed by atoms with Crippen molar-refractivity contribution >= 4 is 37.2 Å². The van der Waals surface area contributed by atoms with Gasteiger partial charge in [-0.15, -0.1) is 0 Å². The number of carbonyl (C=O) groups is 1. The zero-order chi connectivity index (χ0) is 21.3.